The molecule has 1 aliphatic carbocycles. The molecular formula is C18H19F2N3O3S. The monoisotopic (exact) mass is 395 g/mol. The Kier molecular flexibility index (Phi) is 4.51. The molecule has 2 N–H and O–H groups in total. The molecule has 0 radical (unpaired) electrons. The SMILES string of the molecule is O=C(c1cc(S(=O)(=O)N[C@H]2C[C@H]2c2ccc(F)cc2F)c[nH]1)N1CCCC1. The van der Waals surface area contributed by atoms with E-state index in [1.807, 2.05) is 0 Å². The molecule has 4 rings (SSSR count). The molecule has 2 heterocycles. The fraction of sp³-hybridized carbons (Fsp3) is 0.389. The number of likely N-dealkylation sites (tertiary alicyclic amines) is 1. The van der Waals surface area contributed by atoms with Gasteiger partial charge in [-0.2, -0.15) is 0 Å². The second-order valence-electron chi connectivity index (χ2n) is 6.98. The average Bonchev–Trinajstić information content (AvgIpc) is 3.08. The lowest BCUT2D eigenvalue weighted by Crippen LogP contribution is -2.28. The molecule has 2 fully saturated rings. The fourth-order valence-corrected chi connectivity index (χ4v) is 4.76. The number of hydrogen-bond donors (Lipinski definition) is 2. The van der Waals surface area contributed by atoms with E-state index in [2.05, 4.69) is 9.71 Å². The molecule has 2 atom stereocenters. The van der Waals surface area contributed by atoms with Crippen molar-refractivity contribution in [3.63, 3.8) is 0 Å². The number of carbonyl (C=O) groups excluding carboxylic acids is 1. The zero-order chi connectivity index (χ0) is 19.2. The Morgan fingerprint density at radius 3 is 2.63 bits per heavy atom. The van der Waals surface area contributed by atoms with E-state index in [0.717, 1.165) is 25.0 Å². The van der Waals surface area contributed by atoms with Gasteiger partial charge in [0.1, 0.15) is 22.2 Å². The van der Waals surface area contributed by atoms with Crippen LogP contribution in [0, 0.1) is 11.6 Å². The number of benzene rings is 1. The topological polar surface area (TPSA) is 82.3 Å². The molecule has 0 bridgehead atoms. The maximum absolute atomic E-state index is 13.8. The number of hydrogen-bond acceptors (Lipinski definition) is 3. The number of nitrogens with zero attached hydrogens (tertiary/aromatic N) is 1. The van der Waals surface area contributed by atoms with E-state index < -0.39 is 27.7 Å². The predicted molar refractivity (Wildman–Crippen MR) is 93.8 cm³/mol. The Labute approximate surface area is 155 Å². The van der Waals surface area contributed by atoms with Gasteiger partial charge in [-0.3, -0.25) is 4.79 Å². The standard InChI is InChI=1S/C18H19F2N3O3S/c19-11-3-4-13(15(20)7-11)14-9-16(14)22-27(25,26)12-8-17(21-10-12)18(24)23-5-1-2-6-23/h3-4,7-8,10,14,16,21-22H,1-2,5-6,9H2/t14-,16-/m0/s1. The molecule has 1 saturated carbocycles. The molecule has 27 heavy (non-hydrogen) atoms. The first-order valence-corrected chi connectivity index (χ1v) is 10.3. The lowest BCUT2D eigenvalue weighted by Gasteiger charge is -2.13. The summed E-state index contributed by atoms with van der Waals surface area (Å²) in [5.41, 5.74) is 0.525. The summed E-state index contributed by atoms with van der Waals surface area (Å²) >= 11 is 0. The van der Waals surface area contributed by atoms with Gasteiger partial charge in [-0.15, -0.1) is 0 Å². The molecule has 1 saturated heterocycles. The van der Waals surface area contributed by atoms with Gasteiger partial charge in [-0.1, -0.05) is 6.07 Å². The molecule has 9 heteroatoms. The smallest absolute Gasteiger partial charge is 0.270 e. The van der Waals surface area contributed by atoms with Gasteiger partial charge < -0.3 is 9.88 Å². The molecule has 6 nitrogen and oxygen atoms in total. The minimum Gasteiger partial charge on any atom is -0.356 e. The number of H-pyrrole nitrogens is 1. The molecule has 1 aliphatic heterocycles. The summed E-state index contributed by atoms with van der Waals surface area (Å²) in [5, 5.41) is 0. The number of carbonyl (C=O) groups is 1. The van der Waals surface area contributed by atoms with E-state index in [1.54, 1.807) is 4.90 Å². The van der Waals surface area contributed by atoms with Crippen molar-refractivity contribution in [1.82, 2.24) is 14.6 Å². The Balaban J connectivity index is 1.44. The second-order valence-corrected chi connectivity index (χ2v) is 8.70. The van der Waals surface area contributed by atoms with Gasteiger partial charge in [0.25, 0.3) is 5.91 Å². The third-order valence-electron chi connectivity index (χ3n) is 5.05. The Bertz CT molecular complexity index is 983. The molecule has 144 valence electrons. The van der Waals surface area contributed by atoms with Crippen LogP contribution in [-0.2, 0) is 10.0 Å². The minimum absolute atomic E-state index is 0.0322. The zero-order valence-corrected chi connectivity index (χ0v) is 15.2. The van der Waals surface area contributed by atoms with Crippen molar-refractivity contribution in [2.24, 2.45) is 0 Å². The third-order valence-corrected chi connectivity index (χ3v) is 6.52. The van der Waals surface area contributed by atoms with Gasteiger partial charge in [0.2, 0.25) is 10.0 Å². The molecule has 1 aromatic heterocycles. The molecular weight excluding hydrogens is 376 g/mol. The van der Waals surface area contributed by atoms with Crippen molar-refractivity contribution in [1.29, 1.82) is 0 Å². The predicted octanol–water partition coefficient (Wildman–Crippen LogP) is 2.36. The highest BCUT2D eigenvalue weighted by atomic mass is 32.2. The Hall–Kier alpha value is -2.26. The van der Waals surface area contributed by atoms with E-state index in [4.69, 9.17) is 0 Å². The maximum Gasteiger partial charge on any atom is 0.270 e. The highest BCUT2D eigenvalue weighted by Crippen LogP contribution is 2.42. The largest absolute Gasteiger partial charge is 0.356 e. The van der Waals surface area contributed by atoms with Crippen molar-refractivity contribution in [2.75, 3.05) is 13.1 Å². The van der Waals surface area contributed by atoms with Crippen molar-refractivity contribution < 1.29 is 22.0 Å². The van der Waals surface area contributed by atoms with Crippen LogP contribution < -0.4 is 4.72 Å². The Morgan fingerprint density at radius 1 is 1.19 bits per heavy atom. The summed E-state index contributed by atoms with van der Waals surface area (Å²) < 4.78 is 54.5. The first-order chi connectivity index (χ1) is 12.8. The molecule has 1 aromatic carbocycles. The van der Waals surface area contributed by atoms with Gasteiger partial charge in [0.15, 0.2) is 0 Å². The van der Waals surface area contributed by atoms with Crippen molar-refractivity contribution in [3.8, 4) is 0 Å². The van der Waals surface area contributed by atoms with Crippen molar-refractivity contribution >= 4 is 15.9 Å². The normalized spacial score (nSPS) is 22.2. The maximum atomic E-state index is 13.8. The quantitative estimate of drug-likeness (QED) is 0.815. The van der Waals surface area contributed by atoms with Gasteiger partial charge >= 0.3 is 0 Å². The van der Waals surface area contributed by atoms with Gasteiger partial charge in [0.05, 0.1) is 0 Å². The molecule has 0 spiro atoms. The van der Waals surface area contributed by atoms with Crippen LogP contribution in [0.1, 0.15) is 41.2 Å². The summed E-state index contributed by atoms with van der Waals surface area (Å²) in [6.45, 7) is 1.34. The van der Waals surface area contributed by atoms with E-state index in [9.17, 15) is 22.0 Å². The van der Waals surface area contributed by atoms with Gasteiger partial charge in [-0.25, -0.2) is 21.9 Å². The van der Waals surface area contributed by atoms with Gasteiger partial charge in [0, 0.05) is 37.3 Å². The highest BCUT2D eigenvalue weighted by molar-refractivity contribution is 7.89. The van der Waals surface area contributed by atoms with Crippen LogP contribution in [-0.4, -0.2) is 43.3 Å². The van der Waals surface area contributed by atoms with E-state index in [-0.39, 0.29) is 22.4 Å². The molecule has 1 amide bonds. The number of rotatable bonds is 5. The van der Waals surface area contributed by atoms with Crippen molar-refractivity contribution in [2.45, 2.75) is 36.1 Å². The summed E-state index contributed by atoms with van der Waals surface area (Å²) in [5.74, 6) is -1.89. The number of halogens is 2. The number of amides is 1. The van der Waals surface area contributed by atoms with E-state index >= 15 is 0 Å². The first-order valence-electron chi connectivity index (χ1n) is 8.80. The van der Waals surface area contributed by atoms with Crippen molar-refractivity contribution in [3.05, 3.63) is 53.4 Å². The second kappa shape index (κ2) is 6.72. The molecule has 2 aromatic rings. The van der Waals surface area contributed by atoms with E-state index in [1.165, 1.54) is 18.3 Å². The number of aromatic nitrogens is 1. The molecule has 0 unspecified atom stereocenters. The van der Waals surface area contributed by atoms with Crippen LogP contribution in [0.25, 0.3) is 0 Å². The fourth-order valence-electron chi connectivity index (χ4n) is 3.48. The van der Waals surface area contributed by atoms with Crippen LogP contribution in [0.2, 0.25) is 0 Å². The van der Waals surface area contributed by atoms with Crippen LogP contribution in [0.15, 0.2) is 35.4 Å². The van der Waals surface area contributed by atoms with Gasteiger partial charge in [-0.05, 0) is 37.0 Å². The van der Waals surface area contributed by atoms with E-state index in [0.29, 0.717) is 25.1 Å². The third kappa shape index (κ3) is 3.61. The highest BCUT2D eigenvalue weighted by Gasteiger charge is 2.43. The van der Waals surface area contributed by atoms with Crippen LogP contribution in [0.3, 0.4) is 0 Å². The lowest BCUT2D eigenvalue weighted by atomic mass is 10.1. The molecule has 2 aliphatic rings. The summed E-state index contributed by atoms with van der Waals surface area (Å²) in [7, 11) is -3.84. The zero-order valence-electron chi connectivity index (χ0n) is 14.4. The average molecular weight is 395 g/mol. The first kappa shape index (κ1) is 18.1. The summed E-state index contributed by atoms with van der Waals surface area (Å²) in [6.07, 6.45) is 3.61. The lowest BCUT2D eigenvalue weighted by molar-refractivity contribution is 0.0787. The number of nitrogens with one attached hydrogen (secondary N) is 2. The number of aromatic amines is 1. The van der Waals surface area contributed by atoms with Crippen LogP contribution in [0.4, 0.5) is 8.78 Å². The summed E-state index contributed by atoms with van der Waals surface area (Å²) in [4.78, 5) is 16.7. The number of sulfonamides is 1. The van der Waals surface area contributed by atoms with Crippen LogP contribution >= 0.6 is 0 Å². The minimum atomic E-state index is -3.84. The summed E-state index contributed by atoms with van der Waals surface area (Å²) in [6, 6.07) is 4.15. The Morgan fingerprint density at radius 2 is 1.93 bits per heavy atom. The van der Waals surface area contributed by atoms with Crippen LogP contribution in [0.5, 0.6) is 0 Å².